The van der Waals surface area contributed by atoms with Crippen molar-refractivity contribution >= 4 is 28.5 Å². The Morgan fingerprint density at radius 3 is 2.97 bits per heavy atom. The van der Waals surface area contributed by atoms with Crippen molar-refractivity contribution in [2.75, 3.05) is 25.0 Å². The van der Waals surface area contributed by atoms with Gasteiger partial charge in [0.15, 0.2) is 5.82 Å². The highest BCUT2D eigenvalue weighted by molar-refractivity contribution is 6.06. The minimum Gasteiger partial charge on any atom is -0.383 e. The van der Waals surface area contributed by atoms with Gasteiger partial charge < -0.3 is 20.9 Å². The lowest BCUT2D eigenvalue weighted by molar-refractivity contribution is -0.127. The lowest BCUT2D eigenvalue weighted by Gasteiger charge is -2.32. The van der Waals surface area contributed by atoms with E-state index < -0.39 is 5.91 Å². The van der Waals surface area contributed by atoms with Gasteiger partial charge in [0.2, 0.25) is 5.91 Å². The molecule has 4 N–H and O–H groups in total. The van der Waals surface area contributed by atoms with Gasteiger partial charge in [-0.05, 0) is 30.9 Å². The summed E-state index contributed by atoms with van der Waals surface area (Å²) in [6.45, 7) is 5.56. The molecule has 1 saturated heterocycles. The molecule has 1 aliphatic rings. The van der Waals surface area contributed by atoms with E-state index in [0.717, 1.165) is 24.8 Å². The van der Waals surface area contributed by atoms with Crippen LogP contribution < -0.4 is 11.1 Å². The number of hydrogen-bond donors (Lipinski definition) is 3. The van der Waals surface area contributed by atoms with Crippen molar-refractivity contribution in [2.24, 2.45) is 18.7 Å². The van der Waals surface area contributed by atoms with Gasteiger partial charge in [-0.3, -0.25) is 14.3 Å². The first-order valence-corrected chi connectivity index (χ1v) is 9.79. The number of rotatable bonds is 6. The van der Waals surface area contributed by atoms with Crippen LogP contribution >= 0.6 is 0 Å². The van der Waals surface area contributed by atoms with Crippen LogP contribution in [0, 0.1) is 5.92 Å². The van der Waals surface area contributed by atoms with Gasteiger partial charge in [0, 0.05) is 38.3 Å². The number of nitrogens with two attached hydrogens (primary N) is 1. The summed E-state index contributed by atoms with van der Waals surface area (Å²) in [6.07, 6.45) is 6.35. The maximum absolute atomic E-state index is 12.0. The first kappa shape index (κ1) is 19.6. The Kier molecular flexibility index (Phi) is 5.21. The summed E-state index contributed by atoms with van der Waals surface area (Å²) in [5, 5.41) is 8.43. The Balaban J connectivity index is 1.62. The van der Waals surface area contributed by atoms with Crippen LogP contribution in [0.5, 0.6) is 0 Å². The SMILES string of the molecule is C=CC(=O)N1CCC[C@H](CNc2c(C(N)=O)cnc3[nH]c(-c4ncn(C)n4)cc23)C1. The second-order valence-electron chi connectivity index (χ2n) is 7.48. The van der Waals surface area contributed by atoms with Crippen LogP contribution in [0.25, 0.3) is 22.6 Å². The molecule has 0 saturated carbocycles. The number of aromatic amines is 1. The molecule has 4 heterocycles. The molecule has 0 aliphatic carbocycles. The average molecular weight is 408 g/mol. The molecule has 0 bridgehead atoms. The van der Waals surface area contributed by atoms with E-state index in [1.54, 1.807) is 23.0 Å². The van der Waals surface area contributed by atoms with Gasteiger partial charge in [-0.2, -0.15) is 0 Å². The highest BCUT2D eigenvalue weighted by Gasteiger charge is 2.23. The zero-order valence-corrected chi connectivity index (χ0v) is 16.8. The van der Waals surface area contributed by atoms with Gasteiger partial charge in [-0.1, -0.05) is 6.58 Å². The third-order valence-electron chi connectivity index (χ3n) is 5.34. The smallest absolute Gasteiger partial charge is 0.252 e. The maximum Gasteiger partial charge on any atom is 0.252 e. The van der Waals surface area contributed by atoms with Crippen molar-refractivity contribution in [2.45, 2.75) is 12.8 Å². The molecular weight excluding hydrogens is 384 g/mol. The molecule has 0 spiro atoms. The first-order valence-electron chi connectivity index (χ1n) is 9.79. The summed E-state index contributed by atoms with van der Waals surface area (Å²) < 4.78 is 1.61. The third kappa shape index (κ3) is 3.76. The number of aryl methyl sites for hydroxylation is 1. The van der Waals surface area contributed by atoms with E-state index in [1.807, 2.05) is 6.07 Å². The molecule has 30 heavy (non-hydrogen) atoms. The average Bonchev–Trinajstić information content (AvgIpc) is 3.37. The van der Waals surface area contributed by atoms with Gasteiger partial charge >= 0.3 is 0 Å². The fourth-order valence-corrected chi connectivity index (χ4v) is 3.84. The van der Waals surface area contributed by atoms with Crippen LogP contribution in [-0.4, -0.2) is 61.1 Å². The molecule has 0 radical (unpaired) electrons. The molecule has 10 heteroatoms. The van der Waals surface area contributed by atoms with Crippen molar-refractivity contribution in [3.63, 3.8) is 0 Å². The molecule has 4 rings (SSSR count). The highest BCUT2D eigenvalue weighted by Crippen LogP contribution is 2.30. The molecule has 2 amide bonds. The van der Waals surface area contributed by atoms with Crippen molar-refractivity contribution in [3.05, 3.63) is 36.8 Å². The predicted molar refractivity (Wildman–Crippen MR) is 113 cm³/mol. The summed E-state index contributed by atoms with van der Waals surface area (Å²) in [5.74, 6) is 0.176. The molecule has 1 aliphatic heterocycles. The van der Waals surface area contributed by atoms with Crippen LogP contribution in [0.2, 0.25) is 0 Å². The standard InChI is InChI=1S/C20H24N8O2/c1-3-16(29)28-6-4-5-12(10-28)8-22-17-13-7-15(20-24-11-27(2)26-20)25-19(13)23-9-14(17)18(21)30/h3,7,9,11-12H,1,4-6,8,10H2,2H3,(H2,21,30)(H2,22,23,25)/t12-/m1/s1. The van der Waals surface area contributed by atoms with Gasteiger partial charge in [0.05, 0.1) is 16.9 Å². The minimum atomic E-state index is -0.558. The number of carbonyl (C=O) groups excluding carboxylic acids is 2. The van der Waals surface area contributed by atoms with Crippen LogP contribution in [0.3, 0.4) is 0 Å². The van der Waals surface area contributed by atoms with Gasteiger partial charge in [0.1, 0.15) is 12.0 Å². The molecule has 3 aromatic heterocycles. The number of nitrogens with zero attached hydrogens (tertiary/aromatic N) is 5. The van der Waals surface area contributed by atoms with Crippen LogP contribution in [-0.2, 0) is 11.8 Å². The maximum atomic E-state index is 12.0. The van der Waals surface area contributed by atoms with E-state index in [-0.39, 0.29) is 11.8 Å². The summed E-state index contributed by atoms with van der Waals surface area (Å²) in [4.78, 5) is 37.6. The van der Waals surface area contributed by atoms with Gasteiger partial charge in [-0.25, -0.2) is 9.97 Å². The van der Waals surface area contributed by atoms with E-state index in [0.29, 0.717) is 41.5 Å². The van der Waals surface area contributed by atoms with E-state index in [4.69, 9.17) is 5.73 Å². The molecule has 10 nitrogen and oxygen atoms in total. The predicted octanol–water partition coefficient (Wildman–Crippen LogP) is 1.29. The second-order valence-corrected chi connectivity index (χ2v) is 7.48. The molecule has 0 aromatic carbocycles. The molecule has 156 valence electrons. The summed E-state index contributed by atoms with van der Waals surface area (Å²) in [6, 6.07) is 1.86. The van der Waals surface area contributed by atoms with Crippen molar-refractivity contribution in [1.82, 2.24) is 29.6 Å². The molecular formula is C20H24N8O2. The Bertz CT molecular complexity index is 1120. The number of anilines is 1. The number of nitrogens with one attached hydrogen (secondary N) is 2. The van der Waals surface area contributed by atoms with E-state index in [1.165, 1.54) is 12.3 Å². The van der Waals surface area contributed by atoms with E-state index >= 15 is 0 Å². The molecule has 3 aromatic rings. The Morgan fingerprint density at radius 1 is 1.43 bits per heavy atom. The van der Waals surface area contributed by atoms with Crippen LogP contribution in [0.4, 0.5) is 5.69 Å². The largest absolute Gasteiger partial charge is 0.383 e. The number of primary amides is 1. The highest BCUT2D eigenvalue weighted by atomic mass is 16.2. The number of hydrogen-bond acceptors (Lipinski definition) is 6. The number of H-pyrrole nitrogens is 1. The van der Waals surface area contributed by atoms with E-state index in [9.17, 15) is 9.59 Å². The fraction of sp³-hybridized carbons (Fsp3) is 0.350. The van der Waals surface area contributed by atoms with Gasteiger partial charge in [0.25, 0.3) is 5.91 Å². The quantitative estimate of drug-likeness (QED) is 0.526. The van der Waals surface area contributed by atoms with Crippen LogP contribution in [0.15, 0.2) is 31.2 Å². The normalized spacial score (nSPS) is 16.6. The zero-order valence-electron chi connectivity index (χ0n) is 16.8. The monoisotopic (exact) mass is 408 g/mol. The van der Waals surface area contributed by atoms with Crippen molar-refractivity contribution in [1.29, 1.82) is 0 Å². The molecule has 1 atom stereocenters. The zero-order chi connectivity index (χ0) is 21.3. The minimum absolute atomic E-state index is 0.0537. The first-order chi connectivity index (χ1) is 14.5. The topological polar surface area (TPSA) is 135 Å². The third-order valence-corrected chi connectivity index (χ3v) is 5.34. The van der Waals surface area contributed by atoms with Crippen LogP contribution in [0.1, 0.15) is 23.2 Å². The number of aromatic nitrogens is 5. The Hall–Kier alpha value is -3.69. The number of likely N-dealkylation sites (tertiary alicyclic amines) is 1. The number of amides is 2. The number of fused-ring (bicyclic) bond motifs is 1. The summed E-state index contributed by atoms with van der Waals surface area (Å²) in [5.41, 5.74) is 7.84. The number of carbonyl (C=O) groups is 2. The van der Waals surface area contributed by atoms with Crippen molar-refractivity contribution in [3.8, 4) is 11.5 Å². The fourth-order valence-electron chi connectivity index (χ4n) is 3.84. The lowest BCUT2D eigenvalue weighted by Crippen LogP contribution is -2.41. The van der Waals surface area contributed by atoms with Gasteiger partial charge in [-0.15, -0.1) is 5.10 Å². The Morgan fingerprint density at radius 2 is 2.27 bits per heavy atom. The van der Waals surface area contributed by atoms with E-state index in [2.05, 4.69) is 31.9 Å². The number of pyridine rings is 1. The summed E-state index contributed by atoms with van der Waals surface area (Å²) >= 11 is 0. The lowest BCUT2D eigenvalue weighted by atomic mass is 9.97. The van der Waals surface area contributed by atoms with Crippen molar-refractivity contribution < 1.29 is 9.59 Å². The molecule has 0 unspecified atom stereocenters. The summed E-state index contributed by atoms with van der Waals surface area (Å²) in [7, 11) is 1.79. The second kappa shape index (κ2) is 7.97. The molecule has 1 fully saturated rings. The number of piperidine rings is 1. The Labute approximate surface area is 173 Å².